The molecular weight excluding hydrogens is 392 g/mol. The number of hydrogen-bond donors (Lipinski definition) is 1. The van der Waals surface area contributed by atoms with E-state index >= 15 is 0 Å². The summed E-state index contributed by atoms with van der Waals surface area (Å²) in [7, 11) is -0.528. The highest BCUT2D eigenvalue weighted by Crippen LogP contribution is 2.38. The Labute approximate surface area is 157 Å². The van der Waals surface area contributed by atoms with Crippen LogP contribution in [0.2, 0.25) is 5.02 Å². The molecule has 0 atom stereocenters. The zero-order valence-corrected chi connectivity index (χ0v) is 16.9. The Morgan fingerprint density at radius 1 is 1.25 bits per heavy atom. The Kier molecular flexibility index (Phi) is 5.85. The monoisotopic (exact) mass is 413 g/mol. The van der Waals surface area contributed by atoms with Crippen molar-refractivity contribution in [3.63, 3.8) is 0 Å². The number of nitrogens with one attached hydrogen (secondary N) is 1. The molecule has 0 aromatic heterocycles. The molecule has 24 heavy (non-hydrogen) atoms. The minimum Gasteiger partial charge on any atom is -0.400 e. The average molecular weight is 415 g/mol. The van der Waals surface area contributed by atoms with Crippen LogP contribution >= 0.6 is 27.5 Å². The number of amides is 1. The van der Waals surface area contributed by atoms with Gasteiger partial charge in [-0.15, -0.1) is 0 Å². The van der Waals surface area contributed by atoms with Crippen molar-refractivity contribution in [3.8, 4) is 0 Å². The summed E-state index contributed by atoms with van der Waals surface area (Å²) in [6.07, 6.45) is 1.94. The predicted molar refractivity (Wildman–Crippen MR) is 102 cm³/mol. The first-order valence-electron chi connectivity index (χ1n) is 7.77. The van der Waals surface area contributed by atoms with Crippen molar-refractivity contribution in [1.82, 2.24) is 5.32 Å². The Morgan fingerprint density at radius 3 is 2.33 bits per heavy atom. The van der Waals surface area contributed by atoms with Gasteiger partial charge in [0.2, 0.25) is 5.91 Å². The van der Waals surface area contributed by atoms with Gasteiger partial charge in [-0.05, 0) is 56.9 Å². The Hall–Kier alpha value is -0.815. The van der Waals surface area contributed by atoms with Crippen molar-refractivity contribution in [2.45, 2.75) is 45.8 Å². The summed E-state index contributed by atoms with van der Waals surface area (Å²) >= 11 is 9.56. The van der Waals surface area contributed by atoms with E-state index in [0.717, 1.165) is 15.5 Å². The summed E-state index contributed by atoms with van der Waals surface area (Å²) in [5.74, 6) is -0.107. The van der Waals surface area contributed by atoms with Crippen LogP contribution in [0.3, 0.4) is 0 Å². The van der Waals surface area contributed by atoms with Crippen molar-refractivity contribution >= 4 is 46.6 Å². The van der Waals surface area contributed by atoms with Gasteiger partial charge in [0.15, 0.2) is 0 Å². The first-order valence-corrected chi connectivity index (χ1v) is 8.94. The lowest BCUT2D eigenvalue weighted by Crippen LogP contribution is -2.41. The molecule has 1 aromatic rings. The van der Waals surface area contributed by atoms with Gasteiger partial charge in [0.1, 0.15) is 0 Å². The number of carbonyl (C=O) groups excluding carboxylic acids is 1. The zero-order valence-electron chi connectivity index (χ0n) is 14.6. The molecule has 1 heterocycles. The molecule has 130 valence electrons. The van der Waals surface area contributed by atoms with E-state index in [1.165, 1.54) is 6.92 Å². The van der Waals surface area contributed by atoms with Crippen molar-refractivity contribution in [2.75, 3.05) is 6.54 Å². The van der Waals surface area contributed by atoms with Gasteiger partial charge >= 0.3 is 7.12 Å². The van der Waals surface area contributed by atoms with E-state index in [-0.39, 0.29) is 5.91 Å². The third kappa shape index (κ3) is 4.63. The zero-order chi connectivity index (χ0) is 18.1. The van der Waals surface area contributed by atoms with Gasteiger partial charge in [-0.3, -0.25) is 4.79 Å². The second-order valence-electron chi connectivity index (χ2n) is 6.92. The lowest BCUT2D eigenvalue weighted by atomic mass is 9.77. The molecule has 0 unspecified atom stereocenters. The third-order valence-corrected chi connectivity index (χ3v) is 5.01. The van der Waals surface area contributed by atoms with Gasteiger partial charge in [0.25, 0.3) is 0 Å². The van der Waals surface area contributed by atoms with E-state index < -0.39 is 18.3 Å². The van der Waals surface area contributed by atoms with Crippen molar-refractivity contribution in [2.24, 2.45) is 0 Å². The van der Waals surface area contributed by atoms with Crippen molar-refractivity contribution < 1.29 is 14.1 Å². The summed E-state index contributed by atoms with van der Waals surface area (Å²) in [5, 5.41) is 3.44. The summed E-state index contributed by atoms with van der Waals surface area (Å²) in [4.78, 5) is 11.3. The number of rotatable bonds is 4. The summed E-state index contributed by atoms with van der Waals surface area (Å²) < 4.78 is 13.1. The molecule has 0 aliphatic carbocycles. The summed E-state index contributed by atoms with van der Waals surface area (Å²) in [6.45, 7) is 9.82. The van der Waals surface area contributed by atoms with Crippen LogP contribution in [-0.2, 0) is 14.1 Å². The second kappa shape index (κ2) is 7.20. The summed E-state index contributed by atoms with van der Waals surface area (Å²) in [6, 6.07) is 5.62. The van der Waals surface area contributed by atoms with Crippen LogP contribution in [0, 0.1) is 0 Å². The topological polar surface area (TPSA) is 47.6 Å². The Balaban J connectivity index is 2.35. The quantitative estimate of drug-likeness (QED) is 0.749. The molecule has 1 amide bonds. The number of benzene rings is 1. The van der Waals surface area contributed by atoms with E-state index in [2.05, 4.69) is 21.2 Å². The first-order chi connectivity index (χ1) is 11.0. The van der Waals surface area contributed by atoms with Gasteiger partial charge in [-0.1, -0.05) is 33.6 Å². The minimum atomic E-state index is -0.528. The maximum Gasteiger partial charge on any atom is 0.492 e. The molecule has 1 N–H and O–H groups in total. The van der Waals surface area contributed by atoms with E-state index in [4.69, 9.17) is 20.9 Å². The fourth-order valence-electron chi connectivity index (χ4n) is 2.30. The van der Waals surface area contributed by atoms with Crippen LogP contribution in [0.5, 0.6) is 0 Å². The van der Waals surface area contributed by atoms with E-state index in [0.29, 0.717) is 11.6 Å². The third-order valence-electron chi connectivity index (χ3n) is 4.33. The predicted octanol–water partition coefficient (Wildman–Crippen LogP) is 4.25. The van der Waals surface area contributed by atoms with Gasteiger partial charge in [0, 0.05) is 23.0 Å². The second-order valence-corrected chi connectivity index (χ2v) is 8.27. The van der Waals surface area contributed by atoms with Crippen LogP contribution in [0.1, 0.15) is 40.2 Å². The van der Waals surface area contributed by atoms with Crippen LogP contribution in [0.25, 0.3) is 6.08 Å². The van der Waals surface area contributed by atoms with Crippen molar-refractivity contribution in [3.05, 3.63) is 38.7 Å². The number of halogens is 2. The normalized spacial score (nSPS) is 19.5. The Bertz CT molecular complexity index is 640. The highest BCUT2D eigenvalue weighted by atomic mass is 79.9. The molecule has 1 aliphatic heterocycles. The van der Waals surface area contributed by atoms with E-state index in [9.17, 15) is 4.79 Å². The molecule has 4 nitrogen and oxygen atoms in total. The lowest BCUT2D eigenvalue weighted by molar-refractivity contribution is -0.118. The highest BCUT2D eigenvalue weighted by molar-refractivity contribution is 9.10. The van der Waals surface area contributed by atoms with Crippen molar-refractivity contribution in [1.29, 1.82) is 0 Å². The lowest BCUT2D eigenvalue weighted by Gasteiger charge is -2.32. The summed E-state index contributed by atoms with van der Waals surface area (Å²) in [5.41, 5.74) is 0.853. The molecular formula is C17H22BBrClNO3. The maximum absolute atomic E-state index is 11.3. The molecule has 0 radical (unpaired) electrons. The Morgan fingerprint density at radius 2 is 1.83 bits per heavy atom. The number of carbonyl (C=O) groups is 1. The first kappa shape index (κ1) is 19.5. The van der Waals surface area contributed by atoms with Gasteiger partial charge in [-0.2, -0.15) is 0 Å². The fourth-order valence-corrected chi connectivity index (χ4v) is 3.18. The molecule has 0 saturated carbocycles. The molecule has 2 rings (SSSR count). The molecule has 1 fully saturated rings. The fraction of sp³-hybridized carbons (Fsp3) is 0.471. The maximum atomic E-state index is 11.3. The number of hydrogen-bond acceptors (Lipinski definition) is 3. The van der Waals surface area contributed by atoms with Crippen LogP contribution in [0.4, 0.5) is 0 Å². The molecule has 1 saturated heterocycles. The largest absolute Gasteiger partial charge is 0.492 e. The van der Waals surface area contributed by atoms with Crippen LogP contribution < -0.4 is 5.32 Å². The minimum absolute atomic E-state index is 0.107. The van der Waals surface area contributed by atoms with E-state index in [1.807, 2.05) is 52.0 Å². The van der Waals surface area contributed by atoms with Gasteiger partial charge in [-0.25, -0.2) is 0 Å². The van der Waals surface area contributed by atoms with Crippen LogP contribution in [-0.4, -0.2) is 30.8 Å². The standard InChI is InChI=1S/C17H22BBrClNO3/c1-11(22)21-10-13(6-12-7-14(19)9-15(20)8-12)18-23-16(2,3)17(4,5)24-18/h6-9H,10H2,1-5H3,(H,21,22). The molecule has 1 aliphatic rings. The van der Waals surface area contributed by atoms with Gasteiger partial charge in [0.05, 0.1) is 11.2 Å². The highest BCUT2D eigenvalue weighted by Gasteiger charge is 2.52. The molecule has 1 aromatic carbocycles. The SMILES string of the molecule is CC(=O)NCC(=Cc1cc(Cl)cc(Br)c1)B1OC(C)(C)C(C)(C)O1. The smallest absolute Gasteiger partial charge is 0.400 e. The van der Waals surface area contributed by atoms with E-state index in [1.54, 1.807) is 0 Å². The molecule has 0 bridgehead atoms. The molecule has 0 spiro atoms. The average Bonchev–Trinajstić information content (AvgIpc) is 2.62. The molecule has 7 heteroatoms. The van der Waals surface area contributed by atoms with Gasteiger partial charge < -0.3 is 14.6 Å². The van der Waals surface area contributed by atoms with Crippen LogP contribution in [0.15, 0.2) is 28.1 Å².